The first-order valence-corrected chi connectivity index (χ1v) is 6.03. The van der Waals surface area contributed by atoms with Crippen LogP contribution >= 0.6 is 0 Å². The number of nitrogens with two attached hydrogens (primary N) is 1. The van der Waals surface area contributed by atoms with Gasteiger partial charge in [0.25, 0.3) is 0 Å². The van der Waals surface area contributed by atoms with Crippen LogP contribution in [0.15, 0.2) is 18.2 Å². The lowest BCUT2D eigenvalue weighted by molar-refractivity contribution is 0.868. The van der Waals surface area contributed by atoms with Crippen LogP contribution in [0.4, 0.5) is 5.82 Å². The number of hydrogen-bond acceptors (Lipinski definition) is 2. The summed E-state index contributed by atoms with van der Waals surface area (Å²) in [6.45, 7) is 6.37. The molecular weight excluding hydrogens is 210 g/mol. The number of aromatic nitrogens is 2. The highest BCUT2D eigenvalue weighted by atomic mass is 15.2. The van der Waals surface area contributed by atoms with E-state index in [0.29, 0.717) is 5.82 Å². The minimum Gasteiger partial charge on any atom is -0.382 e. The van der Waals surface area contributed by atoms with Gasteiger partial charge in [-0.15, -0.1) is 0 Å². The van der Waals surface area contributed by atoms with Crippen LogP contribution in [0.5, 0.6) is 0 Å². The van der Waals surface area contributed by atoms with Crippen LogP contribution in [0.1, 0.15) is 30.2 Å². The summed E-state index contributed by atoms with van der Waals surface area (Å²) in [4.78, 5) is 0. The summed E-state index contributed by atoms with van der Waals surface area (Å²) >= 11 is 0. The molecule has 1 aromatic heterocycles. The third-order valence-corrected chi connectivity index (χ3v) is 3.02. The number of nitrogens with zero attached hydrogens (tertiary/aromatic N) is 1. The predicted molar refractivity (Wildman–Crippen MR) is 71.9 cm³/mol. The lowest BCUT2D eigenvalue weighted by Gasteiger charge is -2.08. The average Bonchev–Trinajstić information content (AvgIpc) is 2.62. The molecular formula is C14H19N3. The molecule has 90 valence electrons. The highest BCUT2D eigenvalue weighted by Gasteiger charge is 2.14. The molecule has 17 heavy (non-hydrogen) atoms. The van der Waals surface area contributed by atoms with E-state index in [1.165, 1.54) is 16.7 Å². The second-order valence-corrected chi connectivity index (χ2v) is 4.53. The minimum absolute atomic E-state index is 0.598. The number of H-pyrrole nitrogens is 1. The number of aryl methyl sites for hydroxylation is 3. The van der Waals surface area contributed by atoms with Crippen molar-refractivity contribution >= 4 is 5.82 Å². The molecule has 0 aliphatic carbocycles. The molecule has 0 fully saturated rings. The van der Waals surface area contributed by atoms with Crippen molar-refractivity contribution in [3.05, 3.63) is 35.0 Å². The second kappa shape index (κ2) is 4.62. The zero-order valence-corrected chi connectivity index (χ0v) is 10.7. The average molecular weight is 229 g/mol. The van der Waals surface area contributed by atoms with Gasteiger partial charge in [0.2, 0.25) is 0 Å². The number of aromatic amines is 1. The van der Waals surface area contributed by atoms with Gasteiger partial charge < -0.3 is 5.73 Å². The maximum atomic E-state index is 5.97. The molecule has 0 aliphatic rings. The molecule has 0 amide bonds. The number of nitrogens with one attached hydrogen (secondary N) is 1. The monoisotopic (exact) mass is 229 g/mol. The van der Waals surface area contributed by atoms with Gasteiger partial charge in [-0.05, 0) is 31.4 Å². The molecule has 1 aromatic carbocycles. The molecule has 1 heterocycles. The number of hydrogen-bond donors (Lipinski definition) is 2. The quantitative estimate of drug-likeness (QED) is 0.849. The van der Waals surface area contributed by atoms with E-state index in [0.717, 1.165) is 24.1 Å². The Morgan fingerprint density at radius 1 is 1.29 bits per heavy atom. The molecule has 0 aliphatic heterocycles. The summed E-state index contributed by atoms with van der Waals surface area (Å²) in [5.41, 5.74) is 11.9. The van der Waals surface area contributed by atoms with Gasteiger partial charge in [0, 0.05) is 11.3 Å². The Bertz CT molecular complexity index is 526. The Balaban J connectivity index is 2.55. The summed E-state index contributed by atoms with van der Waals surface area (Å²) < 4.78 is 0. The fraction of sp³-hybridized carbons (Fsp3) is 0.357. The fourth-order valence-electron chi connectivity index (χ4n) is 2.22. The zero-order valence-electron chi connectivity index (χ0n) is 10.7. The minimum atomic E-state index is 0.598. The molecule has 0 radical (unpaired) electrons. The molecule has 0 saturated heterocycles. The molecule has 3 nitrogen and oxygen atoms in total. The van der Waals surface area contributed by atoms with E-state index in [1.54, 1.807) is 0 Å². The van der Waals surface area contributed by atoms with Crippen molar-refractivity contribution in [1.82, 2.24) is 10.2 Å². The Kier molecular flexibility index (Phi) is 3.18. The van der Waals surface area contributed by atoms with Crippen molar-refractivity contribution in [2.75, 3.05) is 5.73 Å². The molecule has 3 N–H and O–H groups in total. The summed E-state index contributed by atoms with van der Waals surface area (Å²) in [5, 5.41) is 7.17. The Labute approximate surface area is 102 Å². The Morgan fingerprint density at radius 3 is 2.71 bits per heavy atom. The maximum Gasteiger partial charge on any atom is 0.153 e. The molecule has 0 unspecified atom stereocenters. The van der Waals surface area contributed by atoms with Crippen LogP contribution in [-0.2, 0) is 6.42 Å². The van der Waals surface area contributed by atoms with Crippen molar-refractivity contribution in [3.8, 4) is 11.1 Å². The lowest BCUT2D eigenvalue weighted by atomic mass is 9.97. The predicted octanol–water partition coefficient (Wildman–Crippen LogP) is 3.23. The summed E-state index contributed by atoms with van der Waals surface area (Å²) in [5.74, 6) is 0.598. The van der Waals surface area contributed by atoms with E-state index in [-0.39, 0.29) is 0 Å². The first-order chi connectivity index (χ1) is 8.13. The number of nitrogen functional groups attached to an aromatic ring is 1. The van der Waals surface area contributed by atoms with Crippen LogP contribution in [0.3, 0.4) is 0 Å². The van der Waals surface area contributed by atoms with Gasteiger partial charge in [0.15, 0.2) is 5.82 Å². The highest BCUT2D eigenvalue weighted by Crippen LogP contribution is 2.31. The highest BCUT2D eigenvalue weighted by molar-refractivity contribution is 5.78. The Hall–Kier alpha value is -1.77. The fourth-order valence-corrected chi connectivity index (χ4v) is 2.22. The van der Waals surface area contributed by atoms with Gasteiger partial charge in [-0.1, -0.05) is 37.1 Å². The lowest BCUT2D eigenvalue weighted by Crippen LogP contribution is -1.93. The SMILES string of the molecule is CCCc1[nH]nc(N)c1-c1ccc(C)cc1C. The number of benzene rings is 1. The van der Waals surface area contributed by atoms with Crippen molar-refractivity contribution in [2.45, 2.75) is 33.6 Å². The standard InChI is InChI=1S/C14H19N3/c1-4-5-12-13(14(15)17-16-12)11-7-6-9(2)8-10(11)3/h6-8H,4-5H2,1-3H3,(H3,15,16,17). The summed E-state index contributed by atoms with van der Waals surface area (Å²) in [6, 6.07) is 6.42. The van der Waals surface area contributed by atoms with Gasteiger partial charge in [0.05, 0.1) is 0 Å². The van der Waals surface area contributed by atoms with Gasteiger partial charge in [-0.2, -0.15) is 5.10 Å². The first-order valence-electron chi connectivity index (χ1n) is 6.03. The van der Waals surface area contributed by atoms with Crippen LogP contribution in [0, 0.1) is 13.8 Å². The third-order valence-electron chi connectivity index (χ3n) is 3.02. The van der Waals surface area contributed by atoms with Gasteiger partial charge in [-0.25, -0.2) is 0 Å². The van der Waals surface area contributed by atoms with Crippen LogP contribution in [0.25, 0.3) is 11.1 Å². The van der Waals surface area contributed by atoms with Crippen LogP contribution < -0.4 is 5.73 Å². The van der Waals surface area contributed by atoms with E-state index in [2.05, 4.69) is 49.2 Å². The number of anilines is 1. The molecule has 2 rings (SSSR count). The Morgan fingerprint density at radius 2 is 2.06 bits per heavy atom. The van der Waals surface area contributed by atoms with Gasteiger partial charge in [-0.3, -0.25) is 5.10 Å². The normalized spacial score (nSPS) is 10.8. The first kappa shape index (κ1) is 11.7. The second-order valence-electron chi connectivity index (χ2n) is 4.53. The summed E-state index contributed by atoms with van der Waals surface area (Å²) in [6.07, 6.45) is 2.06. The summed E-state index contributed by atoms with van der Waals surface area (Å²) in [7, 11) is 0. The van der Waals surface area contributed by atoms with Gasteiger partial charge in [0.1, 0.15) is 0 Å². The van der Waals surface area contributed by atoms with Crippen molar-refractivity contribution < 1.29 is 0 Å². The van der Waals surface area contributed by atoms with E-state index >= 15 is 0 Å². The van der Waals surface area contributed by atoms with Crippen molar-refractivity contribution in [1.29, 1.82) is 0 Å². The van der Waals surface area contributed by atoms with E-state index in [1.807, 2.05) is 0 Å². The molecule has 0 spiro atoms. The van der Waals surface area contributed by atoms with Crippen molar-refractivity contribution in [3.63, 3.8) is 0 Å². The van der Waals surface area contributed by atoms with E-state index in [4.69, 9.17) is 5.73 Å². The molecule has 0 saturated carbocycles. The maximum absolute atomic E-state index is 5.97. The number of rotatable bonds is 3. The van der Waals surface area contributed by atoms with E-state index in [9.17, 15) is 0 Å². The molecule has 0 bridgehead atoms. The molecule has 0 atom stereocenters. The third kappa shape index (κ3) is 2.18. The van der Waals surface area contributed by atoms with Crippen molar-refractivity contribution in [2.24, 2.45) is 0 Å². The van der Waals surface area contributed by atoms with Crippen LogP contribution in [0.2, 0.25) is 0 Å². The smallest absolute Gasteiger partial charge is 0.153 e. The zero-order chi connectivity index (χ0) is 12.4. The van der Waals surface area contributed by atoms with Gasteiger partial charge >= 0.3 is 0 Å². The topological polar surface area (TPSA) is 54.7 Å². The van der Waals surface area contributed by atoms with Crippen LogP contribution in [-0.4, -0.2) is 10.2 Å². The largest absolute Gasteiger partial charge is 0.382 e. The molecule has 2 aromatic rings. The molecule has 3 heteroatoms. The van der Waals surface area contributed by atoms with E-state index < -0.39 is 0 Å².